The average molecular weight is 352 g/mol. The van der Waals surface area contributed by atoms with Gasteiger partial charge in [-0.25, -0.2) is 4.39 Å². The van der Waals surface area contributed by atoms with Crippen molar-refractivity contribution in [1.82, 2.24) is 0 Å². The molecule has 0 radical (unpaired) electrons. The highest BCUT2D eigenvalue weighted by Crippen LogP contribution is 2.24. The Morgan fingerprint density at radius 2 is 1.86 bits per heavy atom. The molecule has 0 unspecified atom stereocenters. The fraction of sp³-hybridized carbons (Fsp3) is 0.188. The van der Waals surface area contributed by atoms with Crippen LogP contribution in [0.2, 0.25) is 0 Å². The third kappa shape index (κ3) is 4.29. The molecule has 0 aliphatic heterocycles. The van der Waals surface area contributed by atoms with Gasteiger partial charge in [0.05, 0.1) is 10.9 Å². The summed E-state index contributed by atoms with van der Waals surface area (Å²) in [6, 6.07) is 10.6. The number of carbonyl (C=O) groups is 1. The third-order valence-electron chi connectivity index (χ3n) is 3.13. The van der Waals surface area contributed by atoms with Gasteiger partial charge in [0.2, 0.25) is 0 Å². The molecule has 0 fully saturated rings. The molecule has 110 valence electrons. The number of anilines is 1. The second-order valence-corrected chi connectivity index (χ2v) is 5.68. The first kappa shape index (κ1) is 15.5. The SMILES string of the molecule is Cc1cc(F)c(Br)cc1NCc1ccc(CC(=O)O)cc1. The second kappa shape index (κ2) is 6.72. The van der Waals surface area contributed by atoms with Gasteiger partial charge in [-0.2, -0.15) is 0 Å². The van der Waals surface area contributed by atoms with Crippen LogP contribution in [0.3, 0.4) is 0 Å². The lowest BCUT2D eigenvalue weighted by Gasteiger charge is -2.11. The summed E-state index contributed by atoms with van der Waals surface area (Å²) in [5, 5.41) is 12.0. The Morgan fingerprint density at radius 3 is 2.48 bits per heavy atom. The number of aliphatic carboxylic acids is 1. The topological polar surface area (TPSA) is 49.3 Å². The van der Waals surface area contributed by atoms with Crippen molar-refractivity contribution in [3.05, 3.63) is 63.4 Å². The number of aryl methyl sites for hydroxylation is 1. The Labute approximate surface area is 130 Å². The Morgan fingerprint density at radius 1 is 1.24 bits per heavy atom. The number of benzene rings is 2. The molecule has 2 N–H and O–H groups in total. The molecule has 0 aliphatic rings. The van der Waals surface area contributed by atoms with E-state index < -0.39 is 5.97 Å². The van der Waals surface area contributed by atoms with Crippen LogP contribution < -0.4 is 5.32 Å². The molecule has 5 heteroatoms. The third-order valence-corrected chi connectivity index (χ3v) is 3.74. The molecule has 2 aromatic rings. The van der Waals surface area contributed by atoms with E-state index in [1.54, 1.807) is 18.2 Å². The van der Waals surface area contributed by atoms with Gasteiger partial charge in [0.25, 0.3) is 0 Å². The standard InChI is InChI=1S/C16H15BrFNO2/c1-10-6-14(18)13(17)8-15(10)19-9-12-4-2-11(3-5-12)7-16(20)21/h2-6,8,19H,7,9H2,1H3,(H,20,21). The summed E-state index contributed by atoms with van der Waals surface area (Å²) in [4.78, 5) is 10.6. The van der Waals surface area contributed by atoms with Crippen molar-refractivity contribution in [2.24, 2.45) is 0 Å². The number of nitrogens with one attached hydrogen (secondary N) is 1. The summed E-state index contributed by atoms with van der Waals surface area (Å²) in [5.41, 5.74) is 3.49. The second-order valence-electron chi connectivity index (χ2n) is 4.82. The zero-order chi connectivity index (χ0) is 15.4. The molecule has 2 aromatic carbocycles. The van der Waals surface area contributed by atoms with E-state index in [1.165, 1.54) is 6.07 Å². The Hall–Kier alpha value is -1.88. The number of halogens is 2. The van der Waals surface area contributed by atoms with Crippen LogP contribution in [-0.2, 0) is 17.8 Å². The van der Waals surface area contributed by atoms with Gasteiger partial charge in [-0.3, -0.25) is 4.79 Å². The summed E-state index contributed by atoms with van der Waals surface area (Å²) in [5.74, 6) is -1.12. The van der Waals surface area contributed by atoms with Crippen LogP contribution in [0.1, 0.15) is 16.7 Å². The molecule has 0 heterocycles. The van der Waals surface area contributed by atoms with Gasteiger partial charge < -0.3 is 10.4 Å². The summed E-state index contributed by atoms with van der Waals surface area (Å²) >= 11 is 3.17. The summed E-state index contributed by atoms with van der Waals surface area (Å²) < 4.78 is 13.8. The van der Waals surface area contributed by atoms with Crippen molar-refractivity contribution in [2.45, 2.75) is 19.9 Å². The lowest BCUT2D eigenvalue weighted by atomic mass is 10.1. The van der Waals surface area contributed by atoms with E-state index in [9.17, 15) is 9.18 Å². The van der Waals surface area contributed by atoms with Gasteiger partial charge in [0.15, 0.2) is 0 Å². The summed E-state index contributed by atoms with van der Waals surface area (Å²) in [7, 11) is 0. The van der Waals surface area contributed by atoms with Crippen molar-refractivity contribution >= 4 is 27.6 Å². The van der Waals surface area contributed by atoms with Gasteiger partial charge in [0, 0.05) is 12.2 Å². The molecule has 0 bridgehead atoms. The van der Waals surface area contributed by atoms with Crippen molar-refractivity contribution in [2.75, 3.05) is 5.32 Å². The molecule has 21 heavy (non-hydrogen) atoms. The maximum absolute atomic E-state index is 13.3. The number of rotatable bonds is 5. The van der Waals surface area contributed by atoms with E-state index in [0.29, 0.717) is 11.0 Å². The van der Waals surface area contributed by atoms with E-state index in [0.717, 1.165) is 22.4 Å². The van der Waals surface area contributed by atoms with Crippen LogP contribution in [0, 0.1) is 12.7 Å². The first-order valence-electron chi connectivity index (χ1n) is 6.45. The van der Waals surface area contributed by atoms with Gasteiger partial charge in [-0.05, 0) is 51.7 Å². The van der Waals surface area contributed by atoms with Gasteiger partial charge in [0.1, 0.15) is 5.82 Å². The molecular weight excluding hydrogens is 337 g/mol. The van der Waals surface area contributed by atoms with E-state index in [2.05, 4.69) is 21.2 Å². The smallest absolute Gasteiger partial charge is 0.307 e. The minimum atomic E-state index is -0.840. The molecule has 0 spiro atoms. The Bertz CT molecular complexity index is 656. The predicted octanol–water partition coefficient (Wildman–Crippen LogP) is 4.14. The highest BCUT2D eigenvalue weighted by molar-refractivity contribution is 9.10. The quantitative estimate of drug-likeness (QED) is 0.851. The average Bonchev–Trinajstić information content (AvgIpc) is 2.42. The lowest BCUT2D eigenvalue weighted by Crippen LogP contribution is -2.03. The molecule has 0 saturated carbocycles. The molecule has 2 rings (SSSR count). The fourth-order valence-corrected chi connectivity index (χ4v) is 2.33. The fourth-order valence-electron chi connectivity index (χ4n) is 1.98. The number of carboxylic acid groups (broad SMARTS) is 1. The molecule has 0 aliphatic carbocycles. The van der Waals surface area contributed by atoms with Crippen LogP contribution in [0.4, 0.5) is 10.1 Å². The largest absolute Gasteiger partial charge is 0.481 e. The normalized spacial score (nSPS) is 10.4. The zero-order valence-corrected chi connectivity index (χ0v) is 13.1. The maximum Gasteiger partial charge on any atom is 0.307 e. The van der Waals surface area contributed by atoms with E-state index in [-0.39, 0.29) is 12.2 Å². The molecule has 3 nitrogen and oxygen atoms in total. The zero-order valence-electron chi connectivity index (χ0n) is 11.5. The molecule has 0 amide bonds. The van der Waals surface area contributed by atoms with E-state index in [4.69, 9.17) is 5.11 Å². The first-order chi connectivity index (χ1) is 9.95. The van der Waals surface area contributed by atoms with Gasteiger partial charge in [-0.1, -0.05) is 24.3 Å². The summed E-state index contributed by atoms with van der Waals surface area (Å²) in [6.07, 6.45) is 0.0255. The Kier molecular flexibility index (Phi) is 4.96. The van der Waals surface area contributed by atoms with Crippen LogP contribution in [0.5, 0.6) is 0 Å². The van der Waals surface area contributed by atoms with Crippen LogP contribution in [0.25, 0.3) is 0 Å². The van der Waals surface area contributed by atoms with Crippen molar-refractivity contribution in [3.8, 4) is 0 Å². The molecule has 0 saturated heterocycles. The van der Waals surface area contributed by atoms with Crippen LogP contribution >= 0.6 is 15.9 Å². The Balaban J connectivity index is 2.03. The maximum atomic E-state index is 13.3. The highest BCUT2D eigenvalue weighted by atomic mass is 79.9. The summed E-state index contributed by atoms with van der Waals surface area (Å²) in [6.45, 7) is 2.43. The van der Waals surface area contributed by atoms with Crippen LogP contribution in [0.15, 0.2) is 40.9 Å². The number of hydrogen-bond acceptors (Lipinski definition) is 2. The predicted molar refractivity (Wildman–Crippen MR) is 83.9 cm³/mol. The van der Waals surface area contributed by atoms with E-state index in [1.807, 2.05) is 19.1 Å². The molecular formula is C16H15BrFNO2. The number of carboxylic acids is 1. The van der Waals surface area contributed by atoms with Crippen molar-refractivity contribution < 1.29 is 14.3 Å². The van der Waals surface area contributed by atoms with Gasteiger partial charge >= 0.3 is 5.97 Å². The van der Waals surface area contributed by atoms with Crippen molar-refractivity contribution in [3.63, 3.8) is 0 Å². The highest BCUT2D eigenvalue weighted by Gasteiger charge is 2.05. The molecule has 0 atom stereocenters. The number of hydrogen-bond donors (Lipinski definition) is 2. The first-order valence-corrected chi connectivity index (χ1v) is 7.24. The monoisotopic (exact) mass is 351 g/mol. The lowest BCUT2D eigenvalue weighted by molar-refractivity contribution is -0.136. The van der Waals surface area contributed by atoms with Crippen LogP contribution in [-0.4, -0.2) is 11.1 Å². The van der Waals surface area contributed by atoms with E-state index >= 15 is 0 Å². The molecule has 0 aromatic heterocycles. The minimum absolute atomic E-state index is 0.0255. The minimum Gasteiger partial charge on any atom is -0.481 e. The van der Waals surface area contributed by atoms with Crippen molar-refractivity contribution in [1.29, 1.82) is 0 Å². The van der Waals surface area contributed by atoms with Gasteiger partial charge in [-0.15, -0.1) is 0 Å².